The Bertz CT molecular complexity index is 761. The van der Waals surface area contributed by atoms with Gasteiger partial charge in [0, 0.05) is 45.0 Å². The first kappa shape index (κ1) is 22.1. The second-order valence-electron chi connectivity index (χ2n) is 7.32. The first-order valence-corrected chi connectivity index (χ1v) is 10.9. The van der Waals surface area contributed by atoms with Gasteiger partial charge >= 0.3 is 0 Å². The molecular formula is C24H33N3O3. The minimum Gasteiger partial charge on any atom is -0.490 e. The number of benzene rings is 2. The first-order chi connectivity index (χ1) is 14.8. The fraction of sp³-hybridized carbons (Fsp3) is 0.458. The van der Waals surface area contributed by atoms with Crippen LogP contribution in [0.15, 0.2) is 54.6 Å². The molecule has 1 saturated heterocycles. The molecule has 0 saturated carbocycles. The molecule has 30 heavy (non-hydrogen) atoms. The molecule has 1 aliphatic rings. The molecule has 6 nitrogen and oxygen atoms in total. The number of hydrogen-bond donors (Lipinski definition) is 1. The van der Waals surface area contributed by atoms with Crippen molar-refractivity contribution in [2.24, 2.45) is 0 Å². The topological polar surface area (TPSA) is 54.0 Å². The smallest absolute Gasteiger partial charge is 0.255 e. The third kappa shape index (κ3) is 6.75. The number of amides is 1. The Labute approximate surface area is 179 Å². The van der Waals surface area contributed by atoms with Crippen LogP contribution in [0.2, 0.25) is 0 Å². The molecule has 1 N–H and O–H groups in total. The molecular weight excluding hydrogens is 378 g/mol. The molecule has 0 spiro atoms. The van der Waals surface area contributed by atoms with E-state index in [4.69, 9.17) is 9.47 Å². The van der Waals surface area contributed by atoms with E-state index in [1.165, 1.54) is 5.69 Å². The molecule has 1 aliphatic heterocycles. The van der Waals surface area contributed by atoms with E-state index in [1.807, 2.05) is 25.1 Å². The summed E-state index contributed by atoms with van der Waals surface area (Å²) in [6, 6.07) is 17.9. The van der Waals surface area contributed by atoms with Gasteiger partial charge in [-0.05, 0) is 44.2 Å². The highest BCUT2D eigenvalue weighted by molar-refractivity contribution is 5.96. The average molecular weight is 412 g/mol. The van der Waals surface area contributed by atoms with E-state index in [-0.39, 0.29) is 5.91 Å². The number of nitrogens with zero attached hydrogens (tertiary/aromatic N) is 2. The molecule has 0 aromatic heterocycles. The number of hydrogen-bond acceptors (Lipinski definition) is 5. The predicted octanol–water partition coefficient (Wildman–Crippen LogP) is 3.04. The van der Waals surface area contributed by atoms with E-state index in [9.17, 15) is 4.79 Å². The molecule has 162 valence electrons. The predicted molar refractivity (Wildman–Crippen MR) is 120 cm³/mol. The summed E-state index contributed by atoms with van der Waals surface area (Å²) in [5, 5.41) is 3.03. The van der Waals surface area contributed by atoms with Crippen molar-refractivity contribution in [1.29, 1.82) is 0 Å². The van der Waals surface area contributed by atoms with Crippen LogP contribution in [0.3, 0.4) is 0 Å². The number of carbonyl (C=O) groups is 1. The SMILES string of the molecule is CCOCCOc1ccccc1C(=O)NCCCN1CCN(c2ccccc2)CC1. The Balaban J connectivity index is 1.35. The third-order valence-electron chi connectivity index (χ3n) is 5.25. The van der Waals surface area contributed by atoms with Crippen molar-refractivity contribution in [3.63, 3.8) is 0 Å². The second kappa shape index (κ2) is 12.2. The van der Waals surface area contributed by atoms with E-state index in [0.29, 0.717) is 37.7 Å². The van der Waals surface area contributed by atoms with Gasteiger partial charge in [-0.2, -0.15) is 0 Å². The maximum absolute atomic E-state index is 12.6. The number of para-hydroxylation sites is 2. The quantitative estimate of drug-likeness (QED) is 0.576. The maximum atomic E-state index is 12.6. The van der Waals surface area contributed by atoms with Crippen LogP contribution < -0.4 is 15.0 Å². The number of nitrogens with one attached hydrogen (secondary N) is 1. The molecule has 3 rings (SSSR count). The van der Waals surface area contributed by atoms with Crippen LogP contribution in [0.1, 0.15) is 23.7 Å². The van der Waals surface area contributed by atoms with E-state index in [0.717, 1.165) is 39.1 Å². The summed E-state index contributed by atoms with van der Waals surface area (Å²) in [6.45, 7) is 9.42. The highest BCUT2D eigenvalue weighted by Gasteiger charge is 2.17. The Kier molecular flexibility index (Phi) is 9.00. The van der Waals surface area contributed by atoms with Crippen molar-refractivity contribution < 1.29 is 14.3 Å². The molecule has 1 amide bonds. The number of ether oxygens (including phenoxy) is 2. The van der Waals surface area contributed by atoms with Gasteiger partial charge in [0.1, 0.15) is 12.4 Å². The zero-order valence-corrected chi connectivity index (χ0v) is 17.9. The minimum atomic E-state index is -0.0871. The molecule has 0 atom stereocenters. The summed E-state index contributed by atoms with van der Waals surface area (Å²) in [5.74, 6) is 0.516. The fourth-order valence-corrected chi connectivity index (χ4v) is 3.60. The normalized spacial score (nSPS) is 14.5. The summed E-state index contributed by atoms with van der Waals surface area (Å²) in [4.78, 5) is 17.5. The number of carbonyl (C=O) groups excluding carboxylic acids is 1. The number of piperazine rings is 1. The van der Waals surface area contributed by atoms with Gasteiger partial charge < -0.3 is 19.7 Å². The van der Waals surface area contributed by atoms with E-state index < -0.39 is 0 Å². The summed E-state index contributed by atoms with van der Waals surface area (Å²) >= 11 is 0. The van der Waals surface area contributed by atoms with Gasteiger partial charge in [0.2, 0.25) is 0 Å². The molecule has 1 fully saturated rings. The lowest BCUT2D eigenvalue weighted by Crippen LogP contribution is -2.47. The monoisotopic (exact) mass is 411 g/mol. The third-order valence-corrected chi connectivity index (χ3v) is 5.25. The zero-order chi connectivity index (χ0) is 21.0. The van der Waals surface area contributed by atoms with E-state index in [1.54, 1.807) is 6.07 Å². The lowest BCUT2D eigenvalue weighted by atomic mass is 10.2. The van der Waals surface area contributed by atoms with Crippen LogP contribution in [0, 0.1) is 0 Å². The van der Waals surface area contributed by atoms with Gasteiger partial charge in [0.15, 0.2) is 0 Å². The number of anilines is 1. The summed E-state index contributed by atoms with van der Waals surface area (Å²) in [5.41, 5.74) is 1.87. The molecule has 0 unspecified atom stereocenters. The van der Waals surface area contributed by atoms with Crippen molar-refractivity contribution in [3.8, 4) is 5.75 Å². The highest BCUT2D eigenvalue weighted by Crippen LogP contribution is 2.18. The Hall–Kier alpha value is -2.57. The molecule has 0 aliphatic carbocycles. The summed E-state index contributed by atoms with van der Waals surface area (Å²) < 4.78 is 11.0. The van der Waals surface area contributed by atoms with Crippen molar-refractivity contribution in [1.82, 2.24) is 10.2 Å². The van der Waals surface area contributed by atoms with E-state index in [2.05, 4.69) is 45.4 Å². The van der Waals surface area contributed by atoms with Gasteiger partial charge in [-0.1, -0.05) is 30.3 Å². The molecule has 2 aromatic rings. The van der Waals surface area contributed by atoms with Crippen molar-refractivity contribution in [3.05, 3.63) is 60.2 Å². The van der Waals surface area contributed by atoms with Crippen LogP contribution in [-0.4, -0.2) is 69.9 Å². The molecule has 2 aromatic carbocycles. The minimum absolute atomic E-state index is 0.0871. The average Bonchev–Trinajstić information content (AvgIpc) is 2.81. The van der Waals surface area contributed by atoms with Crippen LogP contribution in [0.5, 0.6) is 5.75 Å². The van der Waals surface area contributed by atoms with Gasteiger partial charge in [0.25, 0.3) is 5.91 Å². The molecule has 0 radical (unpaired) electrons. The highest BCUT2D eigenvalue weighted by atomic mass is 16.5. The van der Waals surface area contributed by atoms with Crippen molar-refractivity contribution in [2.45, 2.75) is 13.3 Å². The molecule has 0 bridgehead atoms. The first-order valence-electron chi connectivity index (χ1n) is 10.9. The lowest BCUT2D eigenvalue weighted by molar-refractivity contribution is 0.0934. The standard InChI is InChI=1S/C24H33N3O3/c1-2-29-19-20-30-23-12-7-6-11-22(23)24(28)25-13-8-14-26-15-17-27(18-16-26)21-9-4-3-5-10-21/h3-7,9-12H,2,8,13-20H2,1H3,(H,25,28). The van der Waals surface area contributed by atoms with Gasteiger partial charge in [-0.25, -0.2) is 0 Å². The summed E-state index contributed by atoms with van der Waals surface area (Å²) in [7, 11) is 0. The van der Waals surface area contributed by atoms with Gasteiger partial charge in [-0.3, -0.25) is 9.69 Å². The Morgan fingerprint density at radius 1 is 0.967 bits per heavy atom. The molecule has 6 heteroatoms. The Morgan fingerprint density at radius 2 is 1.70 bits per heavy atom. The fourth-order valence-electron chi connectivity index (χ4n) is 3.60. The van der Waals surface area contributed by atoms with Gasteiger partial charge in [-0.15, -0.1) is 0 Å². The molecule has 1 heterocycles. The summed E-state index contributed by atoms with van der Waals surface area (Å²) in [6.07, 6.45) is 0.935. The lowest BCUT2D eigenvalue weighted by Gasteiger charge is -2.36. The van der Waals surface area contributed by atoms with Crippen LogP contribution in [-0.2, 0) is 4.74 Å². The maximum Gasteiger partial charge on any atom is 0.255 e. The largest absolute Gasteiger partial charge is 0.490 e. The van der Waals surface area contributed by atoms with Gasteiger partial charge in [0.05, 0.1) is 12.2 Å². The zero-order valence-electron chi connectivity index (χ0n) is 17.9. The van der Waals surface area contributed by atoms with Crippen LogP contribution in [0.25, 0.3) is 0 Å². The number of rotatable bonds is 11. The van der Waals surface area contributed by atoms with Crippen LogP contribution in [0.4, 0.5) is 5.69 Å². The van der Waals surface area contributed by atoms with E-state index >= 15 is 0 Å². The van der Waals surface area contributed by atoms with Crippen molar-refractivity contribution in [2.75, 3.05) is 64.0 Å². The van der Waals surface area contributed by atoms with Crippen molar-refractivity contribution >= 4 is 11.6 Å². The second-order valence-corrected chi connectivity index (χ2v) is 7.32. The van der Waals surface area contributed by atoms with Crippen LogP contribution >= 0.6 is 0 Å². The Morgan fingerprint density at radius 3 is 2.47 bits per heavy atom.